The minimum Gasteiger partial charge on any atom is -0.352 e. The molecule has 0 bridgehead atoms. The average molecular weight is 374 g/mol. The molecule has 0 spiro atoms. The number of halogens is 2. The van der Waals surface area contributed by atoms with Gasteiger partial charge in [-0.2, -0.15) is 0 Å². The third-order valence-corrected chi connectivity index (χ3v) is 4.20. The Morgan fingerprint density at radius 3 is 1.96 bits per heavy atom. The minimum atomic E-state index is -0.828. The highest BCUT2D eigenvalue weighted by molar-refractivity contribution is 5.88. The van der Waals surface area contributed by atoms with E-state index in [2.05, 4.69) is 5.32 Å². The van der Waals surface area contributed by atoms with Crippen molar-refractivity contribution in [2.45, 2.75) is 45.8 Å². The first-order chi connectivity index (χ1) is 12.8. The Morgan fingerprint density at radius 2 is 1.44 bits per heavy atom. The van der Waals surface area contributed by atoms with E-state index in [9.17, 15) is 18.4 Å². The molecule has 0 aliphatic carbocycles. The smallest absolute Gasteiger partial charge is 0.242 e. The lowest BCUT2D eigenvalue weighted by Gasteiger charge is -2.29. The van der Waals surface area contributed by atoms with Crippen molar-refractivity contribution >= 4 is 11.8 Å². The molecule has 2 rings (SSSR count). The molecule has 2 aromatic rings. The standard InChI is InChI=1S/C21H24F2N2O2/c1-14(2)24-21(27)15(3)25(13-17-9-5-7-11-19(17)23)20(26)12-16-8-4-6-10-18(16)22/h4-11,14-15H,12-13H2,1-3H3,(H,24,27)/t15-/m1/s1. The van der Waals surface area contributed by atoms with Crippen molar-refractivity contribution in [3.8, 4) is 0 Å². The van der Waals surface area contributed by atoms with E-state index >= 15 is 0 Å². The molecule has 6 heteroatoms. The van der Waals surface area contributed by atoms with Crippen molar-refractivity contribution in [3.05, 3.63) is 71.3 Å². The fraction of sp³-hybridized carbons (Fsp3) is 0.333. The third-order valence-electron chi connectivity index (χ3n) is 4.20. The minimum absolute atomic E-state index is 0.0767. The van der Waals surface area contributed by atoms with Gasteiger partial charge in [-0.15, -0.1) is 0 Å². The Kier molecular flexibility index (Phi) is 7.05. The summed E-state index contributed by atoms with van der Waals surface area (Å²) in [5.74, 6) is -1.74. The Labute approximate surface area is 158 Å². The van der Waals surface area contributed by atoms with Crippen LogP contribution >= 0.6 is 0 Å². The van der Waals surface area contributed by atoms with E-state index in [1.165, 1.54) is 23.1 Å². The average Bonchev–Trinajstić information content (AvgIpc) is 2.61. The zero-order chi connectivity index (χ0) is 20.0. The summed E-state index contributed by atoms with van der Waals surface area (Å²) in [6, 6.07) is 11.1. The van der Waals surface area contributed by atoms with E-state index < -0.39 is 23.6 Å². The van der Waals surface area contributed by atoms with Crippen molar-refractivity contribution in [2.75, 3.05) is 0 Å². The first kappa shape index (κ1) is 20.6. The number of nitrogens with one attached hydrogen (secondary N) is 1. The number of nitrogens with zero attached hydrogens (tertiary/aromatic N) is 1. The van der Waals surface area contributed by atoms with E-state index in [-0.39, 0.29) is 30.5 Å². The summed E-state index contributed by atoms with van der Waals surface area (Å²) >= 11 is 0. The van der Waals surface area contributed by atoms with E-state index in [1.54, 1.807) is 37.3 Å². The highest BCUT2D eigenvalue weighted by atomic mass is 19.1. The quantitative estimate of drug-likeness (QED) is 0.807. The lowest BCUT2D eigenvalue weighted by Crippen LogP contribution is -2.49. The Bertz CT molecular complexity index is 808. The van der Waals surface area contributed by atoms with Gasteiger partial charge in [-0.1, -0.05) is 36.4 Å². The van der Waals surface area contributed by atoms with Gasteiger partial charge in [0.05, 0.1) is 6.42 Å². The van der Waals surface area contributed by atoms with Crippen LogP contribution in [-0.2, 0) is 22.6 Å². The molecule has 144 valence electrons. The van der Waals surface area contributed by atoms with Crippen LogP contribution in [0.3, 0.4) is 0 Å². The molecule has 0 heterocycles. The molecule has 0 saturated carbocycles. The van der Waals surface area contributed by atoms with Crippen LogP contribution in [0.4, 0.5) is 8.78 Å². The van der Waals surface area contributed by atoms with Gasteiger partial charge in [-0.25, -0.2) is 8.78 Å². The molecule has 27 heavy (non-hydrogen) atoms. The first-order valence-corrected chi connectivity index (χ1v) is 8.86. The van der Waals surface area contributed by atoms with E-state index in [0.717, 1.165) is 0 Å². The summed E-state index contributed by atoms with van der Waals surface area (Å²) in [4.78, 5) is 26.6. The molecule has 1 atom stereocenters. The van der Waals surface area contributed by atoms with Crippen LogP contribution in [0.5, 0.6) is 0 Å². The molecule has 0 aliphatic rings. The van der Waals surface area contributed by atoms with Gasteiger partial charge in [0.1, 0.15) is 17.7 Å². The maximum absolute atomic E-state index is 14.1. The second-order valence-corrected chi connectivity index (χ2v) is 6.72. The topological polar surface area (TPSA) is 49.4 Å². The number of carbonyl (C=O) groups is 2. The monoisotopic (exact) mass is 374 g/mol. The molecule has 0 aromatic heterocycles. The number of amides is 2. The lowest BCUT2D eigenvalue weighted by atomic mass is 10.1. The lowest BCUT2D eigenvalue weighted by molar-refractivity contribution is -0.140. The van der Waals surface area contributed by atoms with Crippen LogP contribution in [0.15, 0.2) is 48.5 Å². The molecule has 0 saturated heterocycles. The molecule has 2 aromatic carbocycles. The second-order valence-electron chi connectivity index (χ2n) is 6.72. The van der Waals surface area contributed by atoms with Crippen molar-refractivity contribution in [1.82, 2.24) is 10.2 Å². The maximum Gasteiger partial charge on any atom is 0.242 e. The molecular formula is C21H24F2N2O2. The SMILES string of the molecule is CC(C)NC(=O)[C@@H](C)N(Cc1ccccc1F)C(=O)Cc1ccccc1F. The molecule has 0 radical (unpaired) electrons. The van der Waals surface area contributed by atoms with Crippen molar-refractivity contribution in [1.29, 1.82) is 0 Å². The van der Waals surface area contributed by atoms with Gasteiger partial charge in [0, 0.05) is 18.2 Å². The first-order valence-electron chi connectivity index (χ1n) is 8.86. The van der Waals surface area contributed by atoms with Crippen molar-refractivity contribution < 1.29 is 18.4 Å². The molecule has 0 fully saturated rings. The van der Waals surface area contributed by atoms with Gasteiger partial charge >= 0.3 is 0 Å². The summed E-state index contributed by atoms with van der Waals surface area (Å²) in [5, 5.41) is 2.75. The van der Waals surface area contributed by atoms with E-state index in [1.807, 2.05) is 13.8 Å². The fourth-order valence-electron chi connectivity index (χ4n) is 2.70. The van der Waals surface area contributed by atoms with Gasteiger partial charge in [0.25, 0.3) is 0 Å². The normalized spacial score (nSPS) is 11.9. The Balaban J connectivity index is 2.27. The van der Waals surface area contributed by atoms with Crippen molar-refractivity contribution in [2.24, 2.45) is 0 Å². The van der Waals surface area contributed by atoms with Crippen LogP contribution in [0, 0.1) is 11.6 Å². The summed E-state index contributed by atoms with van der Waals surface area (Å²) in [5.41, 5.74) is 0.529. The van der Waals surface area contributed by atoms with E-state index in [0.29, 0.717) is 5.56 Å². The van der Waals surface area contributed by atoms with Gasteiger partial charge < -0.3 is 10.2 Å². The third kappa shape index (κ3) is 5.61. The number of carbonyl (C=O) groups excluding carboxylic acids is 2. The van der Waals surface area contributed by atoms with Gasteiger partial charge in [0.2, 0.25) is 11.8 Å². The summed E-state index contributed by atoms with van der Waals surface area (Å²) < 4.78 is 28.0. The number of hydrogen-bond donors (Lipinski definition) is 1. The van der Waals surface area contributed by atoms with Gasteiger partial charge in [-0.3, -0.25) is 9.59 Å². The second kappa shape index (κ2) is 9.26. The fourth-order valence-corrected chi connectivity index (χ4v) is 2.70. The van der Waals surface area contributed by atoms with Crippen LogP contribution < -0.4 is 5.32 Å². The van der Waals surface area contributed by atoms with Crippen LogP contribution in [-0.4, -0.2) is 28.8 Å². The summed E-state index contributed by atoms with van der Waals surface area (Å²) in [7, 11) is 0. The van der Waals surface area contributed by atoms with Crippen LogP contribution in [0.25, 0.3) is 0 Å². The molecule has 4 nitrogen and oxygen atoms in total. The molecular weight excluding hydrogens is 350 g/mol. The number of rotatable bonds is 7. The highest BCUT2D eigenvalue weighted by Gasteiger charge is 2.27. The van der Waals surface area contributed by atoms with Gasteiger partial charge in [0.15, 0.2) is 0 Å². The van der Waals surface area contributed by atoms with Gasteiger partial charge in [-0.05, 0) is 38.5 Å². The molecule has 0 aliphatic heterocycles. The zero-order valence-electron chi connectivity index (χ0n) is 15.7. The molecule has 2 amide bonds. The number of benzene rings is 2. The molecule has 0 unspecified atom stereocenters. The van der Waals surface area contributed by atoms with Crippen molar-refractivity contribution in [3.63, 3.8) is 0 Å². The largest absolute Gasteiger partial charge is 0.352 e. The zero-order valence-corrected chi connectivity index (χ0v) is 15.7. The summed E-state index contributed by atoms with van der Waals surface area (Å²) in [6.07, 6.45) is -0.208. The predicted molar refractivity (Wildman–Crippen MR) is 99.8 cm³/mol. The predicted octanol–water partition coefficient (Wildman–Crippen LogP) is 3.45. The van der Waals surface area contributed by atoms with Crippen LogP contribution in [0.1, 0.15) is 31.9 Å². The van der Waals surface area contributed by atoms with E-state index in [4.69, 9.17) is 0 Å². The maximum atomic E-state index is 14.1. The Hall–Kier alpha value is -2.76. The summed E-state index contributed by atoms with van der Waals surface area (Å²) in [6.45, 7) is 5.13. The van der Waals surface area contributed by atoms with Crippen LogP contribution in [0.2, 0.25) is 0 Å². The Morgan fingerprint density at radius 1 is 0.926 bits per heavy atom. The number of hydrogen-bond acceptors (Lipinski definition) is 2. The highest BCUT2D eigenvalue weighted by Crippen LogP contribution is 2.16. The molecule has 1 N–H and O–H groups in total.